The Morgan fingerprint density at radius 3 is 2.35 bits per heavy atom. The van der Waals surface area contributed by atoms with Gasteiger partial charge in [0, 0.05) is 13.1 Å². The van der Waals surface area contributed by atoms with Gasteiger partial charge in [0.15, 0.2) is 11.5 Å². The predicted octanol–water partition coefficient (Wildman–Crippen LogP) is 3.67. The number of fused-ring (bicyclic) bond motifs is 1. The molecule has 26 heavy (non-hydrogen) atoms. The first kappa shape index (κ1) is 18.0. The Labute approximate surface area is 152 Å². The SMILES string of the molecule is COc1cc2c(cc1OC)CN(C(=O)NC(C)c1ccc(F)cc1)CC2. The minimum Gasteiger partial charge on any atom is -0.493 e. The maximum Gasteiger partial charge on any atom is 0.318 e. The van der Waals surface area contributed by atoms with E-state index in [-0.39, 0.29) is 17.9 Å². The third-order valence-electron chi connectivity index (χ3n) is 4.72. The average Bonchev–Trinajstić information content (AvgIpc) is 2.66. The Hall–Kier alpha value is -2.76. The number of carbonyl (C=O) groups excluding carboxylic acids is 1. The topological polar surface area (TPSA) is 50.8 Å². The molecular formula is C20H23FN2O3. The third kappa shape index (κ3) is 3.74. The van der Waals surface area contributed by atoms with E-state index in [1.165, 1.54) is 17.7 Å². The molecule has 0 saturated heterocycles. The number of amides is 2. The monoisotopic (exact) mass is 358 g/mol. The van der Waals surface area contributed by atoms with Crippen molar-refractivity contribution in [2.45, 2.75) is 25.9 Å². The van der Waals surface area contributed by atoms with E-state index < -0.39 is 0 Å². The fraction of sp³-hybridized carbons (Fsp3) is 0.350. The molecule has 2 aromatic rings. The van der Waals surface area contributed by atoms with E-state index in [1.54, 1.807) is 31.3 Å². The minimum atomic E-state index is -0.288. The molecule has 138 valence electrons. The van der Waals surface area contributed by atoms with Gasteiger partial charge in [0.25, 0.3) is 0 Å². The van der Waals surface area contributed by atoms with Crippen molar-refractivity contribution >= 4 is 6.03 Å². The number of urea groups is 1. The van der Waals surface area contributed by atoms with Crippen LogP contribution in [-0.4, -0.2) is 31.7 Å². The molecule has 0 aromatic heterocycles. The molecule has 1 aliphatic rings. The fourth-order valence-corrected chi connectivity index (χ4v) is 3.17. The predicted molar refractivity (Wildman–Crippen MR) is 97.0 cm³/mol. The number of benzene rings is 2. The molecule has 3 rings (SSSR count). The Bertz CT molecular complexity index is 792. The molecule has 2 aromatic carbocycles. The summed E-state index contributed by atoms with van der Waals surface area (Å²) in [6.45, 7) is 3.03. The van der Waals surface area contributed by atoms with Crippen molar-refractivity contribution in [3.8, 4) is 11.5 Å². The molecule has 0 fully saturated rings. The zero-order valence-corrected chi connectivity index (χ0v) is 15.2. The Kier molecular flexibility index (Phi) is 5.30. The summed E-state index contributed by atoms with van der Waals surface area (Å²) in [6.07, 6.45) is 0.758. The van der Waals surface area contributed by atoms with Crippen LogP contribution in [0.2, 0.25) is 0 Å². The second kappa shape index (κ2) is 7.64. The Morgan fingerprint density at radius 1 is 1.12 bits per heavy atom. The Balaban J connectivity index is 1.69. The maximum absolute atomic E-state index is 13.0. The summed E-state index contributed by atoms with van der Waals surface area (Å²) in [5.41, 5.74) is 3.08. The molecule has 1 aliphatic heterocycles. The number of halogens is 1. The molecule has 5 nitrogen and oxygen atoms in total. The minimum absolute atomic E-state index is 0.137. The normalized spacial score (nSPS) is 14.4. The van der Waals surface area contributed by atoms with Gasteiger partial charge in [0.1, 0.15) is 5.82 Å². The van der Waals surface area contributed by atoms with Crippen LogP contribution >= 0.6 is 0 Å². The van der Waals surface area contributed by atoms with Crippen LogP contribution in [0.5, 0.6) is 11.5 Å². The third-order valence-corrected chi connectivity index (χ3v) is 4.72. The van der Waals surface area contributed by atoms with Crippen molar-refractivity contribution in [1.29, 1.82) is 0 Å². The van der Waals surface area contributed by atoms with Crippen molar-refractivity contribution in [3.63, 3.8) is 0 Å². The second-order valence-corrected chi connectivity index (χ2v) is 6.37. The average molecular weight is 358 g/mol. The largest absolute Gasteiger partial charge is 0.493 e. The van der Waals surface area contributed by atoms with Crippen molar-refractivity contribution in [2.75, 3.05) is 20.8 Å². The van der Waals surface area contributed by atoms with Crippen molar-refractivity contribution < 1.29 is 18.7 Å². The quantitative estimate of drug-likeness (QED) is 0.907. The lowest BCUT2D eigenvalue weighted by atomic mass is 9.99. The van der Waals surface area contributed by atoms with Crippen LogP contribution in [0.25, 0.3) is 0 Å². The summed E-state index contributed by atoms with van der Waals surface area (Å²) in [7, 11) is 3.21. The number of hydrogen-bond donors (Lipinski definition) is 1. The molecule has 2 amide bonds. The number of hydrogen-bond acceptors (Lipinski definition) is 3. The lowest BCUT2D eigenvalue weighted by Crippen LogP contribution is -2.43. The van der Waals surface area contributed by atoms with Gasteiger partial charge in [-0.1, -0.05) is 12.1 Å². The molecule has 1 atom stereocenters. The van der Waals surface area contributed by atoms with Gasteiger partial charge >= 0.3 is 6.03 Å². The number of nitrogens with one attached hydrogen (secondary N) is 1. The maximum atomic E-state index is 13.0. The molecular weight excluding hydrogens is 335 g/mol. The van der Waals surface area contributed by atoms with Gasteiger partial charge in [-0.15, -0.1) is 0 Å². The van der Waals surface area contributed by atoms with Gasteiger partial charge in [0.2, 0.25) is 0 Å². The molecule has 0 radical (unpaired) electrons. The number of carbonyl (C=O) groups is 1. The van der Waals surface area contributed by atoms with Crippen LogP contribution < -0.4 is 14.8 Å². The zero-order chi connectivity index (χ0) is 18.7. The lowest BCUT2D eigenvalue weighted by Gasteiger charge is -2.31. The summed E-state index contributed by atoms with van der Waals surface area (Å²) in [5.74, 6) is 1.08. The lowest BCUT2D eigenvalue weighted by molar-refractivity contribution is 0.189. The first-order valence-electron chi connectivity index (χ1n) is 8.56. The first-order valence-corrected chi connectivity index (χ1v) is 8.56. The highest BCUT2D eigenvalue weighted by molar-refractivity contribution is 5.75. The number of nitrogens with zero attached hydrogens (tertiary/aromatic N) is 1. The van der Waals surface area contributed by atoms with E-state index in [1.807, 2.05) is 19.1 Å². The molecule has 0 saturated carbocycles. The van der Waals surface area contributed by atoms with Gasteiger partial charge < -0.3 is 19.7 Å². The van der Waals surface area contributed by atoms with Gasteiger partial charge in [-0.25, -0.2) is 9.18 Å². The number of methoxy groups -OCH3 is 2. The molecule has 1 N–H and O–H groups in total. The van der Waals surface area contributed by atoms with Crippen LogP contribution in [0.4, 0.5) is 9.18 Å². The van der Waals surface area contributed by atoms with Crippen LogP contribution in [0.15, 0.2) is 36.4 Å². The summed E-state index contributed by atoms with van der Waals surface area (Å²) in [5, 5.41) is 2.98. The van der Waals surface area contributed by atoms with Crippen LogP contribution in [0, 0.1) is 5.82 Å². The summed E-state index contributed by atoms with van der Waals surface area (Å²) >= 11 is 0. The molecule has 0 spiro atoms. The molecule has 0 aliphatic carbocycles. The van der Waals surface area contributed by atoms with E-state index in [2.05, 4.69) is 5.32 Å². The van der Waals surface area contributed by atoms with Gasteiger partial charge in [-0.05, 0) is 54.3 Å². The van der Waals surface area contributed by atoms with E-state index >= 15 is 0 Å². The summed E-state index contributed by atoms with van der Waals surface area (Å²) in [6, 6.07) is 9.73. The number of ether oxygens (including phenoxy) is 2. The van der Waals surface area contributed by atoms with Gasteiger partial charge in [0.05, 0.1) is 20.3 Å². The van der Waals surface area contributed by atoms with Crippen molar-refractivity contribution in [2.24, 2.45) is 0 Å². The summed E-state index contributed by atoms with van der Waals surface area (Å²) < 4.78 is 23.7. The first-order chi connectivity index (χ1) is 12.5. The highest BCUT2D eigenvalue weighted by atomic mass is 19.1. The molecule has 6 heteroatoms. The van der Waals surface area contributed by atoms with Crippen LogP contribution in [-0.2, 0) is 13.0 Å². The van der Waals surface area contributed by atoms with E-state index in [4.69, 9.17) is 9.47 Å². The highest BCUT2D eigenvalue weighted by Crippen LogP contribution is 2.33. The van der Waals surface area contributed by atoms with Crippen LogP contribution in [0.3, 0.4) is 0 Å². The van der Waals surface area contributed by atoms with E-state index in [0.717, 1.165) is 17.5 Å². The molecule has 1 heterocycles. The molecule has 1 unspecified atom stereocenters. The van der Waals surface area contributed by atoms with Crippen molar-refractivity contribution in [3.05, 3.63) is 58.9 Å². The van der Waals surface area contributed by atoms with E-state index in [9.17, 15) is 9.18 Å². The van der Waals surface area contributed by atoms with Gasteiger partial charge in [-0.2, -0.15) is 0 Å². The highest BCUT2D eigenvalue weighted by Gasteiger charge is 2.24. The van der Waals surface area contributed by atoms with Gasteiger partial charge in [-0.3, -0.25) is 0 Å². The summed E-state index contributed by atoms with van der Waals surface area (Å²) in [4.78, 5) is 14.4. The standard InChI is InChI=1S/C20H23FN2O3/c1-13(14-4-6-17(21)7-5-14)22-20(24)23-9-8-15-10-18(25-2)19(26-3)11-16(15)12-23/h4-7,10-11,13H,8-9,12H2,1-3H3,(H,22,24). The Morgan fingerprint density at radius 2 is 1.73 bits per heavy atom. The van der Waals surface area contributed by atoms with Crippen LogP contribution in [0.1, 0.15) is 29.7 Å². The van der Waals surface area contributed by atoms with Crippen molar-refractivity contribution in [1.82, 2.24) is 10.2 Å². The molecule has 0 bridgehead atoms. The zero-order valence-electron chi connectivity index (χ0n) is 15.2. The number of rotatable bonds is 4. The smallest absolute Gasteiger partial charge is 0.318 e. The van der Waals surface area contributed by atoms with E-state index in [0.29, 0.717) is 24.6 Å². The second-order valence-electron chi connectivity index (χ2n) is 6.37. The fourth-order valence-electron chi connectivity index (χ4n) is 3.17.